The number of fused-ring (bicyclic) bond motifs is 1. The Labute approximate surface area is 146 Å². The minimum Gasteiger partial charge on any atom is -0.496 e. The summed E-state index contributed by atoms with van der Waals surface area (Å²) in [7, 11) is 5.68. The van der Waals surface area contributed by atoms with E-state index in [1.165, 1.54) is 28.4 Å². The van der Waals surface area contributed by atoms with Gasteiger partial charge in [0.2, 0.25) is 5.78 Å². The van der Waals surface area contributed by atoms with Gasteiger partial charge in [0.1, 0.15) is 17.1 Å². The van der Waals surface area contributed by atoms with Crippen LogP contribution in [0, 0.1) is 0 Å². The average molecular weight is 344 g/mol. The Morgan fingerprint density at radius 3 is 2.08 bits per heavy atom. The Morgan fingerprint density at radius 1 is 0.840 bits per heavy atom. The lowest BCUT2D eigenvalue weighted by Crippen LogP contribution is -2.65. The summed E-state index contributed by atoms with van der Waals surface area (Å²) in [5.41, 5.74) is 0.834. The van der Waals surface area contributed by atoms with Crippen molar-refractivity contribution < 1.29 is 28.5 Å². The van der Waals surface area contributed by atoms with E-state index in [0.717, 1.165) is 0 Å². The Morgan fingerprint density at radius 2 is 1.52 bits per heavy atom. The third kappa shape index (κ3) is 2.26. The molecule has 25 heavy (non-hydrogen) atoms. The molecule has 1 unspecified atom stereocenters. The van der Waals surface area contributed by atoms with E-state index in [-0.39, 0.29) is 5.56 Å². The van der Waals surface area contributed by atoms with Crippen molar-refractivity contribution in [3.8, 4) is 11.5 Å². The molecule has 0 saturated carbocycles. The van der Waals surface area contributed by atoms with Gasteiger partial charge in [-0.2, -0.15) is 0 Å². The van der Waals surface area contributed by atoms with Gasteiger partial charge in [-0.15, -0.1) is 0 Å². The topological polar surface area (TPSA) is 63.2 Å². The molecule has 0 amide bonds. The Balaban J connectivity index is 2.33. The molecule has 0 N–H and O–H groups in total. The monoisotopic (exact) mass is 344 g/mol. The van der Waals surface area contributed by atoms with E-state index in [9.17, 15) is 4.79 Å². The van der Waals surface area contributed by atoms with Crippen LogP contribution in [0.5, 0.6) is 11.5 Å². The van der Waals surface area contributed by atoms with Crippen LogP contribution >= 0.6 is 0 Å². The van der Waals surface area contributed by atoms with Crippen molar-refractivity contribution in [1.29, 1.82) is 0 Å². The highest BCUT2D eigenvalue weighted by Gasteiger charge is 2.66. The number of ether oxygens (including phenoxy) is 5. The van der Waals surface area contributed by atoms with Gasteiger partial charge in [-0.05, 0) is 12.1 Å². The minimum absolute atomic E-state index is 0.248. The largest absolute Gasteiger partial charge is 0.496 e. The summed E-state index contributed by atoms with van der Waals surface area (Å²) in [6.07, 6.45) is 0. The predicted molar refractivity (Wildman–Crippen MR) is 89.8 cm³/mol. The first-order chi connectivity index (χ1) is 12.1. The molecule has 0 aromatic heterocycles. The molecule has 1 heterocycles. The second-order valence-corrected chi connectivity index (χ2v) is 5.48. The van der Waals surface area contributed by atoms with Crippen molar-refractivity contribution in [2.24, 2.45) is 0 Å². The van der Waals surface area contributed by atoms with Gasteiger partial charge in [0.15, 0.2) is 0 Å². The van der Waals surface area contributed by atoms with Gasteiger partial charge < -0.3 is 23.7 Å². The molecule has 1 aliphatic rings. The maximum absolute atomic E-state index is 13.4. The number of rotatable bonds is 5. The normalized spacial score (nSPS) is 21.4. The number of carbonyl (C=O) groups excluding carboxylic acids is 1. The van der Waals surface area contributed by atoms with Crippen LogP contribution in [0.4, 0.5) is 0 Å². The van der Waals surface area contributed by atoms with E-state index in [4.69, 9.17) is 23.7 Å². The second-order valence-electron chi connectivity index (χ2n) is 5.48. The van der Waals surface area contributed by atoms with Crippen LogP contribution in [0.2, 0.25) is 0 Å². The summed E-state index contributed by atoms with van der Waals surface area (Å²) >= 11 is 0. The van der Waals surface area contributed by atoms with Gasteiger partial charge in [-0.25, -0.2) is 0 Å². The summed E-state index contributed by atoms with van der Waals surface area (Å²) in [4.78, 5) is 13.4. The number of carbonyl (C=O) groups is 1. The third-order valence-electron chi connectivity index (χ3n) is 4.44. The van der Waals surface area contributed by atoms with Crippen molar-refractivity contribution in [3.05, 3.63) is 59.7 Å². The van der Waals surface area contributed by atoms with Crippen molar-refractivity contribution in [3.63, 3.8) is 0 Å². The Bertz CT molecular complexity index is 769. The molecular formula is C19H20O6. The third-order valence-corrected chi connectivity index (χ3v) is 4.44. The standard InChI is InChI=1S/C19H20O6/c1-21-14-11-8-12-15-16(14)17(20)19(23-3,24-4)18(22-2,25-15)13-9-6-5-7-10-13/h5-12H,1-4H3. The van der Waals surface area contributed by atoms with Crippen molar-refractivity contribution in [2.45, 2.75) is 11.6 Å². The molecule has 2 aromatic carbocycles. The van der Waals surface area contributed by atoms with Crippen LogP contribution in [0.1, 0.15) is 15.9 Å². The van der Waals surface area contributed by atoms with Crippen LogP contribution < -0.4 is 9.47 Å². The maximum atomic E-state index is 13.4. The molecule has 2 aromatic rings. The zero-order valence-electron chi connectivity index (χ0n) is 14.6. The molecule has 0 radical (unpaired) electrons. The second kappa shape index (κ2) is 6.48. The first-order valence-electron chi connectivity index (χ1n) is 7.72. The fourth-order valence-electron chi connectivity index (χ4n) is 3.26. The van der Waals surface area contributed by atoms with Gasteiger partial charge in [0.25, 0.3) is 5.79 Å². The highest BCUT2D eigenvalue weighted by Crippen LogP contribution is 2.50. The van der Waals surface area contributed by atoms with Crippen LogP contribution in [-0.4, -0.2) is 40.0 Å². The van der Waals surface area contributed by atoms with E-state index >= 15 is 0 Å². The van der Waals surface area contributed by atoms with E-state index < -0.39 is 17.4 Å². The molecule has 6 heteroatoms. The molecule has 1 aliphatic heterocycles. The molecule has 0 aliphatic carbocycles. The fourth-order valence-corrected chi connectivity index (χ4v) is 3.26. The highest BCUT2D eigenvalue weighted by molar-refractivity contribution is 6.07. The van der Waals surface area contributed by atoms with E-state index in [0.29, 0.717) is 17.1 Å². The molecule has 1 atom stereocenters. The first kappa shape index (κ1) is 17.4. The number of ketones is 1. The summed E-state index contributed by atoms with van der Waals surface area (Å²) in [6.45, 7) is 0. The van der Waals surface area contributed by atoms with Crippen molar-refractivity contribution >= 4 is 5.78 Å². The van der Waals surface area contributed by atoms with Crippen molar-refractivity contribution in [1.82, 2.24) is 0 Å². The quantitative estimate of drug-likeness (QED) is 0.777. The van der Waals surface area contributed by atoms with Crippen LogP contribution in [0.15, 0.2) is 48.5 Å². The molecule has 6 nitrogen and oxygen atoms in total. The highest BCUT2D eigenvalue weighted by atomic mass is 16.8. The van der Waals surface area contributed by atoms with Crippen molar-refractivity contribution in [2.75, 3.05) is 28.4 Å². The van der Waals surface area contributed by atoms with E-state index in [1.807, 2.05) is 18.2 Å². The SMILES string of the molecule is COc1cccc2c1C(=O)C(OC)(OC)C(OC)(c1ccccc1)O2. The predicted octanol–water partition coefficient (Wildman–Crippen LogP) is 2.76. The summed E-state index contributed by atoms with van der Waals surface area (Å²) in [5, 5.41) is 0. The molecule has 132 valence electrons. The number of Topliss-reactive ketones (excluding diaryl/α,β-unsaturated/α-hetero) is 1. The lowest BCUT2D eigenvalue weighted by Gasteiger charge is -2.48. The Hall–Kier alpha value is -2.41. The zero-order valence-corrected chi connectivity index (χ0v) is 14.6. The lowest BCUT2D eigenvalue weighted by atomic mass is 9.86. The van der Waals surface area contributed by atoms with E-state index in [2.05, 4.69) is 0 Å². The number of hydrogen-bond acceptors (Lipinski definition) is 6. The van der Waals surface area contributed by atoms with E-state index in [1.54, 1.807) is 30.3 Å². The van der Waals surface area contributed by atoms with Crippen LogP contribution in [0.25, 0.3) is 0 Å². The first-order valence-corrected chi connectivity index (χ1v) is 7.72. The molecule has 0 spiro atoms. The zero-order chi connectivity index (χ0) is 18.1. The Kier molecular flexibility index (Phi) is 4.51. The van der Waals surface area contributed by atoms with Crippen LogP contribution in [0.3, 0.4) is 0 Å². The summed E-state index contributed by atoms with van der Waals surface area (Å²) in [5.74, 6) is -3.20. The molecular weight excluding hydrogens is 324 g/mol. The van der Waals surface area contributed by atoms with Gasteiger partial charge in [-0.3, -0.25) is 4.79 Å². The smallest absolute Gasteiger partial charge is 0.306 e. The molecule has 0 saturated heterocycles. The van der Waals surface area contributed by atoms with Gasteiger partial charge in [0, 0.05) is 26.9 Å². The van der Waals surface area contributed by atoms with Gasteiger partial charge >= 0.3 is 5.79 Å². The number of benzene rings is 2. The summed E-state index contributed by atoms with van der Waals surface area (Å²) in [6, 6.07) is 14.2. The number of methoxy groups -OCH3 is 4. The molecule has 0 fully saturated rings. The van der Waals surface area contributed by atoms with Crippen LogP contribution in [-0.2, 0) is 20.0 Å². The fraction of sp³-hybridized carbons (Fsp3) is 0.316. The molecule has 3 rings (SSSR count). The summed E-state index contributed by atoms with van der Waals surface area (Å²) < 4.78 is 28.4. The average Bonchev–Trinajstić information content (AvgIpc) is 2.68. The lowest BCUT2D eigenvalue weighted by molar-refractivity contribution is -0.354. The molecule has 0 bridgehead atoms. The minimum atomic E-state index is -1.84. The van der Waals surface area contributed by atoms with Gasteiger partial charge in [-0.1, -0.05) is 36.4 Å². The van der Waals surface area contributed by atoms with Gasteiger partial charge in [0.05, 0.1) is 7.11 Å². The number of hydrogen-bond donors (Lipinski definition) is 0. The maximum Gasteiger partial charge on any atom is 0.306 e.